The fourth-order valence-electron chi connectivity index (χ4n) is 1.98. The quantitative estimate of drug-likeness (QED) is 0.503. The SMILES string of the molecule is O=C(/C=C/c1ccccc1F)OCc1nc(-c2ccc(Cl)cc2)no1. The molecule has 0 atom stereocenters. The number of ether oxygens (including phenoxy) is 1. The minimum Gasteiger partial charge on any atom is -0.452 e. The summed E-state index contributed by atoms with van der Waals surface area (Å²) in [5.74, 6) is -0.548. The second-order valence-electron chi connectivity index (χ2n) is 4.98. The Morgan fingerprint density at radius 3 is 2.72 bits per heavy atom. The zero-order valence-electron chi connectivity index (χ0n) is 12.9. The van der Waals surface area contributed by atoms with Gasteiger partial charge in [0.05, 0.1) is 0 Å². The highest BCUT2D eigenvalue weighted by molar-refractivity contribution is 6.30. The molecule has 0 aliphatic heterocycles. The normalized spacial score (nSPS) is 11.0. The number of nitrogens with zero attached hydrogens (tertiary/aromatic N) is 2. The van der Waals surface area contributed by atoms with Crippen molar-refractivity contribution < 1.29 is 18.4 Å². The van der Waals surface area contributed by atoms with Gasteiger partial charge in [-0.05, 0) is 36.4 Å². The van der Waals surface area contributed by atoms with Crippen molar-refractivity contribution in [3.8, 4) is 11.4 Å². The molecule has 5 nitrogen and oxygen atoms in total. The molecule has 0 aliphatic carbocycles. The second-order valence-corrected chi connectivity index (χ2v) is 5.42. The number of hydrogen-bond donors (Lipinski definition) is 0. The van der Waals surface area contributed by atoms with Crippen molar-refractivity contribution in [1.29, 1.82) is 0 Å². The van der Waals surface area contributed by atoms with E-state index in [-0.39, 0.29) is 12.5 Å². The molecule has 3 rings (SSSR count). The van der Waals surface area contributed by atoms with Gasteiger partial charge >= 0.3 is 5.97 Å². The van der Waals surface area contributed by atoms with Gasteiger partial charge in [0.1, 0.15) is 5.82 Å². The van der Waals surface area contributed by atoms with Crippen molar-refractivity contribution >= 4 is 23.6 Å². The van der Waals surface area contributed by atoms with Crippen molar-refractivity contribution in [2.45, 2.75) is 6.61 Å². The summed E-state index contributed by atoms with van der Waals surface area (Å²) in [6.07, 6.45) is 2.47. The Hall–Kier alpha value is -2.99. The maximum Gasteiger partial charge on any atom is 0.331 e. The Kier molecular flexibility index (Phi) is 5.20. The number of esters is 1. The summed E-state index contributed by atoms with van der Waals surface area (Å²) in [5.41, 5.74) is 1.02. The van der Waals surface area contributed by atoms with Gasteiger partial charge in [0, 0.05) is 22.2 Å². The van der Waals surface area contributed by atoms with Crippen LogP contribution >= 0.6 is 11.6 Å². The number of rotatable bonds is 5. The van der Waals surface area contributed by atoms with E-state index in [4.69, 9.17) is 20.9 Å². The highest BCUT2D eigenvalue weighted by Crippen LogP contribution is 2.18. The highest BCUT2D eigenvalue weighted by Gasteiger charge is 2.10. The van der Waals surface area contributed by atoms with E-state index in [1.807, 2.05) is 0 Å². The Morgan fingerprint density at radius 1 is 1.20 bits per heavy atom. The Balaban J connectivity index is 1.58. The van der Waals surface area contributed by atoms with Crippen LogP contribution in [0.4, 0.5) is 4.39 Å². The Bertz CT molecular complexity index is 907. The molecule has 0 N–H and O–H groups in total. The molecule has 0 radical (unpaired) electrons. The van der Waals surface area contributed by atoms with Crippen LogP contribution in [0.3, 0.4) is 0 Å². The molecule has 0 fully saturated rings. The molecule has 0 spiro atoms. The molecule has 7 heteroatoms. The van der Waals surface area contributed by atoms with Gasteiger partial charge in [0.15, 0.2) is 6.61 Å². The van der Waals surface area contributed by atoms with Crippen LogP contribution in [-0.2, 0) is 16.1 Å². The van der Waals surface area contributed by atoms with E-state index in [0.717, 1.165) is 11.6 Å². The minimum absolute atomic E-state index is 0.151. The molecule has 3 aromatic rings. The number of aromatic nitrogens is 2. The third-order valence-electron chi connectivity index (χ3n) is 3.21. The molecule has 25 heavy (non-hydrogen) atoms. The topological polar surface area (TPSA) is 65.2 Å². The molecule has 0 saturated heterocycles. The fraction of sp³-hybridized carbons (Fsp3) is 0.0556. The van der Waals surface area contributed by atoms with Crippen LogP contribution in [0.15, 0.2) is 59.1 Å². The van der Waals surface area contributed by atoms with E-state index in [2.05, 4.69) is 10.1 Å². The first-order valence-electron chi connectivity index (χ1n) is 7.30. The molecule has 0 unspecified atom stereocenters. The molecule has 0 saturated carbocycles. The Labute approximate surface area is 147 Å². The second kappa shape index (κ2) is 7.72. The van der Waals surface area contributed by atoms with Crippen LogP contribution in [0.25, 0.3) is 17.5 Å². The number of benzene rings is 2. The third-order valence-corrected chi connectivity index (χ3v) is 3.46. The van der Waals surface area contributed by atoms with Gasteiger partial charge in [0.25, 0.3) is 5.89 Å². The van der Waals surface area contributed by atoms with Crippen molar-refractivity contribution in [2.75, 3.05) is 0 Å². The summed E-state index contributed by atoms with van der Waals surface area (Å²) in [7, 11) is 0. The summed E-state index contributed by atoms with van der Waals surface area (Å²) in [4.78, 5) is 15.8. The van der Waals surface area contributed by atoms with E-state index in [0.29, 0.717) is 16.4 Å². The van der Waals surface area contributed by atoms with Gasteiger partial charge in [-0.1, -0.05) is 35.0 Å². The maximum absolute atomic E-state index is 13.4. The molecule has 1 heterocycles. The summed E-state index contributed by atoms with van der Waals surface area (Å²) < 4.78 is 23.5. The molecule has 1 aromatic heterocycles. The summed E-state index contributed by atoms with van der Waals surface area (Å²) >= 11 is 5.82. The lowest BCUT2D eigenvalue weighted by Gasteiger charge is -1.97. The lowest BCUT2D eigenvalue weighted by atomic mass is 10.2. The summed E-state index contributed by atoms with van der Waals surface area (Å²) in [6.45, 7) is -0.180. The van der Waals surface area contributed by atoms with E-state index >= 15 is 0 Å². The highest BCUT2D eigenvalue weighted by atomic mass is 35.5. The fourth-order valence-corrected chi connectivity index (χ4v) is 2.10. The monoisotopic (exact) mass is 358 g/mol. The van der Waals surface area contributed by atoms with Crippen molar-refractivity contribution in [3.05, 3.63) is 76.9 Å². The third kappa shape index (κ3) is 4.51. The van der Waals surface area contributed by atoms with Crippen molar-refractivity contribution in [2.24, 2.45) is 0 Å². The molecule has 0 aliphatic rings. The molecular weight excluding hydrogens is 347 g/mol. The van der Waals surface area contributed by atoms with Crippen LogP contribution < -0.4 is 0 Å². The lowest BCUT2D eigenvalue weighted by molar-refractivity contribution is -0.139. The number of hydrogen-bond acceptors (Lipinski definition) is 5. The predicted octanol–water partition coefficient (Wildman–Crippen LogP) is 4.29. The van der Waals surface area contributed by atoms with E-state index in [9.17, 15) is 9.18 Å². The van der Waals surface area contributed by atoms with Crippen LogP contribution in [-0.4, -0.2) is 16.1 Å². The Morgan fingerprint density at radius 2 is 1.96 bits per heavy atom. The molecule has 0 bridgehead atoms. The maximum atomic E-state index is 13.4. The van der Waals surface area contributed by atoms with Crippen LogP contribution in [0.2, 0.25) is 5.02 Å². The standard InChI is InChI=1S/C18H12ClFN2O3/c19-14-8-5-13(6-9-14)18-21-16(25-22-18)11-24-17(23)10-7-12-3-1-2-4-15(12)20/h1-10H,11H2/b10-7+. The molecule has 2 aromatic carbocycles. The zero-order chi connectivity index (χ0) is 17.6. The van der Waals surface area contributed by atoms with E-state index in [1.54, 1.807) is 42.5 Å². The van der Waals surface area contributed by atoms with Gasteiger partial charge in [-0.25, -0.2) is 9.18 Å². The number of halogens is 2. The van der Waals surface area contributed by atoms with E-state index in [1.165, 1.54) is 12.1 Å². The first kappa shape index (κ1) is 16.9. The minimum atomic E-state index is -0.644. The smallest absolute Gasteiger partial charge is 0.331 e. The van der Waals surface area contributed by atoms with E-state index < -0.39 is 11.8 Å². The van der Waals surface area contributed by atoms with Crippen molar-refractivity contribution in [1.82, 2.24) is 10.1 Å². The first-order valence-corrected chi connectivity index (χ1v) is 7.67. The van der Waals surface area contributed by atoms with Gasteiger partial charge < -0.3 is 9.26 Å². The molecular formula is C18H12ClFN2O3. The van der Waals surface area contributed by atoms with Gasteiger partial charge in [0.2, 0.25) is 5.82 Å². The summed E-state index contributed by atoms with van der Waals surface area (Å²) in [6, 6.07) is 13.0. The van der Waals surface area contributed by atoms with Crippen LogP contribution in [0.1, 0.15) is 11.5 Å². The average molecular weight is 359 g/mol. The largest absolute Gasteiger partial charge is 0.452 e. The zero-order valence-corrected chi connectivity index (χ0v) is 13.6. The van der Waals surface area contributed by atoms with Crippen LogP contribution in [0, 0.1) is 5.82 Å². The number of carbonyl (C=O) groups is 1. The van der Waals surface area contributed by atoms with Crippen LogP contribution in [0.5, 0.6) is 0 Å². The van der Waals surface area contributed by atoms with Crippen molar-refractivity contribution in [3.63, 3.8) is 0 Å². The molecule has 126 valence electrons. The lowest BCUT2D eigenvalue weighted by Crippen LogP contribution is -2.01. The average Bonchev–Trinajstić information content (AvgIpc) is 3.09. The van der Waals surface area contributed by atoms with Gasteiger partial charge in [-0.3, -0.25) is 0 Å². The molecule has 0 amide bonds. The van der Waals surface area contributed by atoms with Gasteiger partial charge in [-0.15, -0.1) is 0 Å². The number of carbonyl (C=O) groups excluding carboxylic acids is 1. The van der Waals surface area contributed by atoms with Gasteiger partial charge in [-0.2, -0.15) is 4.98 Å². The first-order chi connectivity index (χ1) is 12.1. The predicted molar refractivity (Wildman–Crippen MR) is 90.0 cm³/mol. The summed E-state index contributed by atoms with van der Waals surface area (Å²) in [5, 5.41) is 4.41.